The molecule has 1 aromatic rings. The summed E-state index contributed by atoms with van der Waals surface area (Å²) in [6, 6.07) is 6.87. The van der Waals surface area contributed by atoms with Gasteiger partial charge < -0.3 is 19.5 Å². The lowest BCUT2D eigenvalue weighted by Crippen LogP contribution is -2.48. The number of aliphatic hydroxyl groups excluding tert-OH is 1. The Balaban J connectivity index is 2.12. The monoisotopic (exact) mass is 382 g/mol. The van der Waals surface area contributed by atoms with Crippen LogP contribution in [0.3, 0.4) is 0 Å². The molecule has 1 heterocycles. The molecule has 0 bridgehead atoms. The molecule has 0 saturated carbocycles. The number of benzene rings is 1. The number of rotatable bonds is 4. The number of imide groups is 1. The van der Waals surface area contributed by atoms with E-state index in [1.54, 1.807) is 41.7 Å². The molecule has 1 fully saturated rings. The Kier molecular flexibility index (Phi) is 5.77. The maximum absolute atomic E-state index is 12.7. The predicted octanol–water partition coefficient (Wildman–Crippen LogP) is 3.51. The Morgan fingerprint density at radius 3 is 2.35 bits per heavy atom. The Morgan fingerprint density at radius 1 is 1.27 bits per heavy atom. The molecule has 0 aromatic heterocycles. The standard InChI is InChI=1S/C18H26N2O5S/c1-17(2,3)25-16(23)20-14(21)18(4,5)19(15(20)22)11-26-13-9-7-12(24-6)8-10-13/h7-10,14,21H,11H2,1-6H3. The van der Waals surface area contributed by atoms with Gasteiger partial charge in [0.25, 0.3) is 0 Å². The van der Waals surface area contributed by atoms with E-state index in [0.717, 1.165) is 15.5 Å². The van der Waals surface area contributed by atoms with Gasteiger partial charge in [-0.25, -0.2) is 9.59 Å². The number of methoxy groups -OCH3 is 1. The summed E-state index contributed by atoms with van der Waals surface area (Å²) in [5, 5.41) is 10.5. The SMILES string of the molecule is COc1ccc(SCN2C(=O)N(C(=O)OC(C)(C)C)C(O)C2(C)C)cc1. The van der Waals surface area contributed by atoms with Gasteiger partial charge in [0.1, 0.15) is 11.4 Å². The molecule has 26 heavy (non-hydrogen) atoms. The smallest absolute Gasteiger partial charge is 0.420 e. The fraction of sp³-hybridized carbons (Fsp3) is 0.556. The minimum absolute atomic E-state index is 0.286. The highest BCUT2D eigenvalue weighted by atomic mass is 32.2. The number of carbonyl (C=O) groups is 2. The lowest BCUT2D eigenvalue weighted by atomic mass is 10.0. The molecular formula is C18H26N2O5S. The molecule has 1 N–H and O–H groups in total. The van der Waals surface area contributed by atoms with Gasteiger partial charge in [0, 0.05) is 4.90 Å². The minimum Gasteiger partial charge on any atom is -0.497 e. The Morgan fingerprint density at radius 2 is 1.85 bits per heavy atom. The van der Waals surface area contributed by atoms with E-state index in [0.29, 0.717) is 0 Å². The van der Waals surface area contributed by atoms with Gasteiger partial charge in [0.2, 0.25) is 0 Å². The van der Waals surface area contributed by atoms with E-state index in [4.69, 9.17) is 9.47 Å². The summed E-state index contributed by atoms with van der Waals surface area (Å²) in [4.78, 5) is 28.3. The first kappa shape index (κ1) is 20.4. The normalized spacial score (nSPS) is 19.7. The van der Waals surface area contributed by atoms with Crippen LogP contribution in [-0.4, -0.2) is 57.4 Å². The van der Waals surface area contributed by atoms with Crippen molar-refractivity contribution >= 4 is 23.9 Å². The topological polar surface area (TPSA) is 79.3 Å². The summed E-state index contributed by atoms with van der Waals surface area (Å²) in [5.74, 6) is 1.03. The number of aliphatic hydroxyl groups is 1. The highest BCUT2D eigenvalue weighted by Crippen LogP contribution is 2.35. The van der Waals surface area contributed by atoms with E-state index >= 15 is 0 Å². The minimum atomic E-state index is -1.29. The molecule has 1 atom stereocenters. The van der Waals surface area contributed by atoms with Crippen molar-refractivity contribution in [3.8, 4) is 5.75 Å². The zero-order valence-corrected chi connectivity index (χ0v) is 16.8. The van der Waals surface area contributed by atoms with Crippen LogP contribution in [0.4, 0.5) is 9.59 Å². The van der Waals surface area contributed by atoms with Crippen LogP contribution in [-0.2, 0) is 4.74 Å². The molecule has 0 aliphatic carbocycles. The molecule has 2 rings (SSSR count). The van der Waals surface area contributed by atoms with E-state index in [2.05, 4.69) is 0 Å². The number of hydrogen-bond donors (Lipinski definition) is 1. The summed E-state index contributed by atoms with van der Waals surface area (Å²) in [6.07, 6.45) is -2.14. The van der Waals surface area contributed by atoms with Crippen molar-refractivity contribution in [3.63, 3.8) is 0 Å². The second kappa shape index (κ2) is 7.36. The van der Waals surface area contributed by atoms with Gasteiger partial charge in [-0.15, -0.1) is 11.8 Å². The lowest BCUT2D eigenvalue weighted by Gasteiger charge is -2.31. The first-order valence-corrected chi connectivity index (χ1v) is 9.24. The zero-order valence-electron chi connectivity index (χ0n) is 16.0. The summed E-state index contributed by atoms with van der Waals surface area (Å²) in [5.41, 5.74) is -1.69. The molecule has 8 heteroatoms. The molecule has 1 aliphatic heterocycles. The van der Waals surface area contributed by atoms with Crippen molar-refractivity contribution in [1.29, 1.82) is 0 Å². The third kappa shape index (κ3) is 4.24. The van der Waals surface area contributed by atoms with Crippen LogP contribution >= 0.6 is 11.8 Å². The number of ether oxygens (including phenoxy) is 2. The van der Waals surface area contributed by atoms with Crippen LogP contribution in [0.2, 0.25) is 0 Å². The first-order chi connectivity index (χ1) is 12.0. The predicted molar refractivity (Wildman–Crippen MR) is 99.1 cm³/mol. The van der Waals surface area contributed by atoms with Crippen LogP contribution < -0.4 is 4.74 Å². The van der Waals surface area contributed by atoms with Crippen LogP contribution in [0.1, 0.15) is 34.6 Å². The average Bonchev–Trinajstić information content (AvgIpc) is 2.70. The maximum Gasteiger partial charge on any atom is 0.420 e. The number of hydrogen-bond acceptors (Lipinski definition) is 6. The van der Waals surface area contributed by atoms with Crippen molar-refractivity contribution in [3.05, 3.63) is 24.3 Å². The first-order valence-electron chi connectivity index (χ1n) is 8.26. The van der Waals surface area contributed by atoms with Gasteiger partial charge in [-0.3, -0.25) is 0 Å². The van der Waals surface area contributed by atoms with E-state index in [9.17, 15) is 14.7 Å². The Labute approximate surface area is 158 Å². The van der Waals surface area contributed by atoms with Crippen molar-refractivity contribution in [2.24, 2.45) is 0 Å². The molecule has 0 radical (unpaired) electrons. The number of carbonyl (C=O) groups excluding carboxylic acids is 2. The van der Waals surface area contributed by atoms with Gasteiger partial charge in [-0.1, -0.05) is 0 Å². The Bertz CT molecular complexity index is 669. The van der Waals surface area contributed by atoms with Crippen molar-refractivity contribution in [2.75, 3.05) is 13.0 Å². The average molecular weight is 382 g/mol. The lowest BCUT2D eigenvalue weighted by molar-refractivity contribution is -0.0249. The van der Waals surface area contributed by atoms with Crippen molar-refractivity contribution < 1.29 is 24.2 Å². The van der Waals surface area contributed by atoms with Gasteiger partial charge in [-0.05, 0) is 58.9 Å². The van der Waals surface area contributed by atoms with Crippen LogP contribution in [0.25, 0.3) is 0 Å². The molecule has 7 nitrogen and oxygen atoms in total. The zero-order chi connectivity index (χ0) is 19.7. The van der Waals surface area contributed by atoms with Gasteiger partial charge in [0.15, 0.2) is 6.23 Å². The third-order valence-corrected chi connectivity index (χ3v) is 5.01. The maximum atomic E-state index is 12.7. The summed E-state index contributed by atoms with van der Waals surface area (Å²) in [6.45, 7) is 8.56. The van der Waals surface area contributed by atoms with E-state index in [1.165, 1.54) is 16.7 Å². The van der Waals surface area contributed by atoms with Gasteiger partial charge in [-0.2, -0.15) is 4.90 Å². The van der Waals surface area contributed by atoms with Gasteiger partial charge in [0.05, 0.1) is 18.5 Å². The van der Waals surface area contributed by atoms with Crippen LogP contribution in [0.15, 0.2) is 29.2 Å². The van der Waals surface area contributed by atoms with Crippen LogP contribution in [0.5, 0.6) is 5.75 Å². The molecule has 1 aromatic carbocycles. The number of nitrogens with zero attached hydrogens (tertiary/aromatic N) is 2. The second-order valence-electron chi connectivity index (χ2n) is 7.54. The highest BCUT2D eigenvalue weighted by Gasteiger charge is 2.54. The van der Waals surface area contributed by atoms with E-state index < -0.39 is 29.5 Å². The third-order valence-electron chi connectivity index (χ3n) is 4.02. The molecule has 1 saturated heterocycles. The van der Waals surface area contributed by atoms with Crippen molar-refractivity contribution in [1.82, 2.24) is 9.80 Å². The quantitative estimate of drug-likeness (QED) is 0.803. The molecule has 1 unspecified atom stereocenters. The summed E-state index contributed by atoms with van der Waals surface area (Å²) >= 11 is 1.43. The molecule has 1 aliphatic rings. The van der Waals surface area contributed by atoms with E-state index in [-0.39, 0.29) is 5.88 Å². The van der Waals surface area contributed by atoms with E-state index in [1.807, 2.05) is 24.3 Å². The number of thioether (sulfide) groups is 1. The molecule has 3 amide bonds. The van der Waals surface area contributed by atoms with Crippen molar-refractivity contribution in [2.45, 2.75) is 56.9 Å². The Hall–Kier alpha value is -1.93. The fourth-order valence-electron chi connectivity index (χ4n) is 2.46. The summed E-state index contributed by atoms with van der Waals surface area (Å²) < 4.78 is 10.4. The summed E-state index contributed by atoms with van der Waals surface area (Å²) in [7, 11) is 1.60. The highest BCUT2D eigenvalue weighted by molar-refractivity contribution is 7.99. The largest absolute Gasteiger partial charge is 0.497 e. The second-order valence-corrected chi connectivity index (χ2v) is 8.56. The van der Waals surface area contributed by atoms with Gasteiger partial charge >= 0.3 is 12.1 Å². The molecule has 144 valence electrons. The molecule has 0 spiro atoms. The number of urea groups is 1. The fourth-order valence-corrected chi connectivity index (χ4v) is 3.51. The molecular weight excluding hydrogens is 356 g/mol. The number of amides is 3. The van der Waals surface area contributed by atoms with Crippen LogP contribution in [0, 0.1) is 0 Å².